The van der Waals surface area contributed by atoms with Gasteiger partial charge in [-0.3, -0.25) is 9.79 Å². The molecule has 1 aliphatic rings. The Balaban J connectivity index is 1.51. The van der Waals surface area contributed by atoms with Crippen LogP contribution in [0.15, 0.2) is 35.6 Å². The summed E-state index contributed by atoms with van der Waals surface area (Å²) in [6.07, 6.45) is 6.31. The van der Waals surface area contributed by atoms with Gasteiger partial charge in [0.1, 0.15) is 5.82 Å². The fourth-order valence-electron chi connectivity index (χ4n) is 3.09. The standard InChI is InChI=1S/C21H26FN5O/c1-3-15-7-6-8-18(20(15)22)16-11-25-21(26-12-16)27-13-17(14-27)24-10-5-4-9-19(28)23-2/h6-8,11-12H,3-5,9-10,13-14H2,1-2H3,(H,23,28). The zero-order chi connectivity index (χ0) is 19.9. The van der Waals surface area contributed by atoms with Crippen LogP contribution < -0.4 is 10.2 Å². The van der Waals surface area contributed by atoms with Crippen LogP contribution in [0.2, 0.25) is 0 Å². The van der Waals surface area contributed by atoms with Crippen molar-refractivity contribution in [2.45, 2.75) is 32.6 Å². The van der Waals surface area contributed by atoms with E-state index in [-0.39, 0.29) is 11.7 Å². The fourth-order valence-corrected chi connectivity index (χ4v) is 3.09. The van der Waals surface area contributed by atoms with Crippen LogP contribution in [0.3, 0.4) is 0 Å². The van der Waals surface area contributed by atoms with Crippen LogP contribution in [-0.2, 0) is 11.2 Å². The van der Waals surface area contributed by atoms with Crippen molar-refractivity contribution in [2.24, 2.45) is 4.99 Å². The van der Waals surface area contributed by atoms with E-state index in [4.69, 9.17) is 0 Å². The van der Waals surface area contributed by atoms with Crippen molar-refractivity contribution in [2.75, 3.05) is 31.6 Å². The van der Waals surface area contributed by atoms with E-state index < -0.39 is 0 Å². The minimum Gasteiger partial charge on any atom is -0.359 e. The topological polar surface area (TPSA) is 70.5 Å². The van der Waals surface area contributed by atoms with Gasteiger partial charge in [-0.2, -0.15) is 0 Å². The van der Waals surface area contributed by atoms with Gasteiger partial charge in [-0.15, -0.1) is 0 Å². The lowest BCUT2D eigenvalue weighted by Crippen LogP contribution is -2.48. The van der Waals surface area contributed by atoms with Crippen molar-refractivity contribution in [3.05, 3.63) is 42.0 Å². The molecule has 1 fully saturated rings. The lowest BCUT2D eigenvalue weighted by Gasteiger charge is -2.32. The highest BCUT2D eigenvalue weighted by molar-refractivity contribution is 5.99. The van der Waals surface area contributed by atoms with Gasteiger partial charge in [0.25, 0.3) is 0 Å². The zero-order valence-electron chi connectivity index (χ0n) is 16.4. The SMILES string of the molecule is CCc1cccc(-c2cnc(N3CC(=NCCCCC(=O)NC)C3)nc2)c1F. The smallest absolute Gasteiger partial charge is 0.225 e. The summed E-state index contributed by atoms with van der Waals surface area (Å²) in [5, 5.41) is 2.62. The molecular weight excluding hydrogens is 357 g/mol. The molecule has 1 amide bonds. The van der Waals surface area contributed by atoms with Gasteiger partial charge in [0, 0.05) is 43.5 Å². The Morgan fingerprint density at radius 1 is 1.25 bits per heavy atom. The van der Waals surface area contributed by atoms with E-state index in [1.54, 1.807) is 31.6 Å². The minimum atomic E-state index is -0.198. The zero-order valence-corrected chi connectivity index (χ0v) is 16.4. The summed E-state index contributed by atoms with van der Waals surface area (Å²) in [7, 11) is 1.65. The number of aryl methyl sites for hydroxylation is 1. The molecule has 0 atom stereocenters. The van der Waals surface area contributed by atoms with Crippen LogP contribution in [0, 0.1) is 5.82 Å². The molecule has 0 aliphatic carbocycles. The van der Waals surface area contributed by atoms with Crippen molar-refractivity contribution in [3.8, 4) is 11.1 Å². The Hall–Kier alpha value is -2.83. The summed E-state index contributed by atoms with van der Waals surface area (Å²) in [5.41, 5.74) is 3.03. The summed E-state index contributed by atoms with van der Waals surface area (Å²) in [6.45, 7) is 4.11. The van der Waals surface area contributed by atoms with Gasteiger partial charge in [0.2, 0.25) is 11.9 Å². The first kappa shape index (κ1) is 19.9. The van der Waals surface area contributed by atoms with Crippen LogP contribution in [-0.4, -0.2) is 48.3 Å². The predicted octanol–water partition coefficient (Wildman–Crippen LogP) is 3.02. The van der Waals surface area contributed by atoms with Crippen LogP contribution in [0.1, 0.15) is 31.7 Å². The van der Waals surface area contributed by atoms with Gasteiger partial charge in [-0.05, 0) is 24.8 Å². The number of nitrogens with one attached hydrogen (secondary N) is 1. The lowest BCUT2D eigenvalue weighted by atomic mass is 10.0. The Labute approximate surface area is 164 Å². The highest BCUT2D eigenvalue weighted by atomic mass is 19.1. The minimum absolute atomic E-state index is 0.0735. The number of hydrogen-bond acceptors (Lipinski definition) is 5. The summed E-state index contributed by atoms with van der Waals surface area (Å²) in [6, 6.07) is 5.41. The number of benzene rings is 1. The summed E-state index contributed by atoms with van der Waals surface area (Å²) >= 11 is 0. The maximum absolute atomic E-state index is 14.5. The molecule has 0 unspecified atom stereocenters. The average molecular weight is 383 g/mol. The first-order valence-electron chi connectivity index (χ1n) is 9.70. The van der Waals surface area contributed by atoms with Crippen molar-refractivity contribution < 1.29 is 9.18 Å². The van der Waals surface area contributed by atoms with Gasteiger partial charge in [-0.25, -0.2) is 14.4 Å². The van der Waals surface area contributed by atoms with Crippen LogP contribution in [0.5, 0.6) is 0 Å². The highest BCUT2D eigenvalue weighted by Crippen LogP contribution is 2.25. The van der Waals surface area contributed by atoms with E-state index in [0.717, 1.165) is 25.1 Å². The largest absolute Gasteiger partial charge is 0.359 e. The number of carbonyl (C=O) groups is 1. The first-order chi connectivity index (χ1) is 13.6. The average Bonchev–Trinajstić information content (AvgIpc) is 2.69. The third kappa shape index (κ3) is 4.71. The second-order valence-electron chi connectivity index (χ2n) is 6.84. The third-order valence-electron chi connectivity index (χ3n) is 4.86. The molecule has 3 rings (SSSR count). The van der Waals surface area contributed by atoms with Gasteiger partial charge >= 0.3 is 0 Å². The number of rotatable bonds is 8. The molecule has 0 radical (unpaired) electrons. The monoisotopic (exact) mass is 383 g/mol. The molecule has 1 aliphatic heterocycles. The summed E-state index contributed by atoms with van der Waals surface area (Å²) in [5.74, 6) is 0.509. The van der Waals surface area contributed by atoms with Crippen LogP contribution in [0.25, 0.3) is 11.1 Å². The fraction of sp³-hybridized carbons (Fsp3) is 0.429. The normalized spacial score (nSPS) is 13.2. The lowest BCUT2D eigenvalue weighted by molar-refractivity contribution is -0.120. The molecule has 1 aromatic carbocycles. The molecule has 6 nitrogen and oxygen atoms in total. The predicted molar refractivity (Wildman–Crippen MR) is 109 cm³/mol. The molecular formula is C21H26FN5O. The Morgan fingerprint density at radius 2 is 2.00 bits per heavy atom. The maximum atomic E-state index is 14.5. The number of unbranched alkanes of at least 4 members (excludes halogenated alkanes) is 1. The third-order valence-corrected chi connectivity index (χ3v) is 4.86. The molecule has 7 heteroatoms. The summed E-state index contributed by atoms with van der Waals surface area (Å²) in [4.78, 5) is 26.5. The first-order valence-corrected chi connectivity index (χ1v) is 9.70. The van der Waals surface area contributed by atoms with E-state index in [9.17, 15) is 9.18 Å². The van der Waals surface area contributed by atoms with E-state index in [0.29, 0.717) is 48.6 Å². The van der Waals surface area contributed by atoms with E-state index in [1.807, 2.05) is 17.9 Å². The molecule has 28 heavy (non-hydrogen) atoms. The van der Waals surface area contributed by atoms with Crippen molar-refractivity contribution in [1.29, 1.82) is 0 Å². The van der Waals surface area contributed by atoms with Crippen molar-refractivity contribution in [1.82, 2.24) is 15.3 Å². The molecule has 0 bridgehead atoms. The van der Waals surface area contributed by atoms with Gasteiger partial charge in [-0.1, -0.05) is 25.1 Å². The maximum Gasteiger partial charge on any atom is 0.225 e. The van der Waals surface area contributed by atoms with E-state index >= 15 is 0 Å². The number of nitrogens with zero attached hydrogens (tertiary/aromatic N) is 4. The van der Waals surface area contributed by atoms with Gasteiger partial charge in [0.05, 0.1) is 18.8 Å². The Bertz CT molecular complexity index is 842. The molecule has 1 aromatic heterocycles. The molecule has 2 heterocycles. The van der Waals surface area contributed by atoms with Crippen molar-refractivity contribution >= 4 is 17.6 Å². The number of amides is 1. The molecule has 148 valence electrons. The number of carbonyl (C=O) groups excluding carboxylic acids is 1. The molecule has 1 saturated heterocycles. The molecule has 0 saturated carbocycles. The molecule has 0 spiro atoms. The quantitative estimate of drug-likeness (QED) is 0.712. The molecule has 1 N–H and O–H groups in total. The molecule has 2 aromatic rings. The second-order valence-corrected chi connectivity index (χ2v) is 6.84. The van der Waals surface area contributed by atoms with Gasteiger partial charge < -0.3 is 10.2 Å². The number of aromatic nitrogens is 2. The van der Waals surface area contributed by atoms with Gasteiger partial charge in [0.15, 0.2) is 0 Å². The van der Waals surface area contributed by atoms with Crippen molar-refractivity contribution in [3.63, 3.8) is 0 Å². The number of anilines is 1. The second kappa shape index (κ2) is 9.39. The number of halogens is 1. The Kier molecular flexibility index (Phi) is 6.68. The summed E-state index contributed by atoms with van der Waals surface area (Å²) < 4.78 is 14.5. The van der Waals surface area contributed by atoms with Crippen LogP contribution >= 0.6 is 0 Å². The highest BCUT2D eigenvalue weighted by Gasteiger charge is 2.24. The van der Waals surface area contributed by atoms with Crippen LogP contribution in [0.4, 0.5) is 10.3 Å². The number of aliphatic imine (C=N–C) groups is 1. The number of hydrogen-bond donors (Lipinski definition) is 1. The van der Waals surface area contributed by atoms with E-state index in [2.05, 4.69) is 20.3 Å². The Morgan fingerprint density at radius 3 is 2.68 bits per heavy atom. The van der Waals surface area contributed by atoms with E-state index in [1.165, 1.54) is 0 Å².